The van der Waals surface area contributed by atoms with Gasteiger partial charge in [0.2, 0.25) is 0 Å². The van der Waals surface area contributed by atoms with E-state index in [1.807, 2.05) is 79.7 Å². The molecular weight excluding hydrogens is 454 g/mol. The van der Waals surface area contributed by atoms with E-state index in [0.717, 1.165) is 39.8 Å². The molecule has 0 aliphatic carbocycles. The third-order valence-electron chi connectivity index (χ3n) is 5.80. The fourth-order valence-electron chi connectivity index (χ4n) is 4.10. The second-order valence-electron chi connectivity index (χ2n) is 7.86. The van der Waals surface area contributed by atoms with E-state index in [0.29, 0.717) is 10.1 Å². The van der Waals surface area contributed by atoms with Crippen LogP contribution in [0.25, 0.3) is 11.3 Å². The number of halogens is 1. The molecule has 7 heteroatoms. The lowest BCUT2D eigenvalue weighted by atomic mass is 10.0. The summed E-state index contributed by atoms with van der Waals surface area (Å²) in [5, 5.41) is 4.75. The van der Waals surface area contributed by atoms with Gasteiger partial charge in [0.1, 0.15) is 23.3 Å². The summed E-state index contributed by atoms with van der Waals surface area (Å²) in [4.78, 5) is 6.64. The van der Waals surface area contributed by atoms with E-state index in [1.165, 1.54) is 0 Å². The predicted octanol–water partition coefficient (Wildman–Crippen LogP) is 6.49. The molecule has 1 N–H and O–H groups in total. The first kappa shape index (κ1) is 21.5. The maximum atomic E-state index is 6.40. The number of methoxy groups -OCH3 is 1. The monoisotopic (exact) mass is 475 g/mol. The summed E-state index contributed by atoms with van der Waals surface area (Å²) in [6.45, 7) is 1.98. The lowest BCUT2D eigenvalue weighted by Crippen LogP contribution is -2.29. The first-order chi connectivity index (χ1) is 16.0. The number of aryl methyl sites for hydroxylation is 1. The topological polar surface area (TPSA) is 50.5 Å². The number of hydrogen-bond acceptors (Lipinski definition) is 4. The molecule has 2 aromatic carbocycles. The molecule has 4 aromatic rings. The van der Waals surface area contributed by atoms with Gasteiger partial charge in [-0.3, -0.25) is 4.98 Å². The molecule has 1 saturated heterocycles. The quantitative estimate of drug-likeness (QED) is 0.333. The fraction of sp³-hybridized carbons (Fsp3) is 0.154. The van der Waals surface area contributed by atoms with E-state index in [2.05, 4.69) is 15.2 Å². The van der Waals surface area contributed by atoms with Crippen LogP contribution in [0.1, 0.15) is 29.1 Å². The van der Waals surface area contributed by atoms with Crippen LogP contribution in [0.4, 0.5) is 5.69 Å². The van der Waals surface area contributed by atoms with E-state index in [1.54, 1.807) is 13.3 Å². The van der Waals surface area contributed by atoms with Gasteiger partial charge in [-0.15, -0.1) is 0 Å². The first-order valence-corrected chi connectivity index (χ1v) is 11.3. The molecule has 1 fully saturated rings. The molecule has 0 bridgehead atoms. The zero-order valence-electron chi connectivity index (χ0n) is 18.2. The van der Waals surface area contributed by atoms with E-state index < -0.39 is 0 Å². The molecule has 5 rings (SSSR count). The van der Waals surface area contributed by atoms with Gasteiger partial charge in [0, 0.05) is 28.5 Å². The number of nitrogens with zero attached hydrogens (tertiary/aromatic N) is 2. The van der Waals surface area contributed by atoms with Crippen molar-refractivity contribution in [2.45, 2.75) is 19.0 Å². The van der Waals surface area contributed by atoms with Crippen molar-refractivity contribution in [3.05, 3.63) is 101 Å². The number of nitrogens with one attached hydrogen (secondary N) is 1. The number of aromatic nitrogens is 1. The van der Waals surface area contributed by atoms with Crippen molar-refractivity contribution in [2.75, 3.05) is 12.0 Å². The average molecular weight is 476 g/mol. The number of benzene rings is 2. The molecule has 1 aliphatic heterocycles. The normalized spacial score (nSPS) is 17.8. The lowest BCUT2D eigenvalue weighted by molar-refractivity contribution is 0.414. The van der Waals surface area contributed by atoms with Gasteiger partial charge in [-0.1, -0.05) is 35.9 Å². The lowest BCUT2D eigenvalue weighted by Gasteiger charge is -2.26. The van der Waals surface area contributed by atoms with Crippen LogP contribution in [-0.2, 0) is 0 Å². The molecule has 3 heterocycles. The standard InChI is InChI=1S/C26H22ClN3O2S/c1-16-9-10-17(14-20(16)27)22-11-12-23(32-22)25-24(21-8-3-4-13-28-21)29-26(33)30(25)18-6-5-7-19(15-18)31-2/h3-15,24-25H,1-2H3,(H,29,33)/t24-,25+/m0/s1. The Labute approximate surface area is 203 Å². The highest BCUT2D eigenvalue weighted by Crippen LogP contribution is 2.43. The maximum absolute atomic E-state index is 6.40. The van der Waals surface area contributed by atoms with Crippen LogP contribution in [-0.4, -0.2) is 17.2 Å². The highest BCUT2D eigenvalue weighted by atomic mass is 35.5. The molecule has 5 nitrogen and oxygen atoms in total. The Morgan fingerprint density at radius 1 is 1.06 bits per heavy atom. The average Bonchev–Trinajstić information content (AvgIpc) is 3.46. The van der Waals surface area contributed by atoms with Gasteiger partial charge >= 0.3 is 0 Å². The van der Waals surface area contributed by atoms with Crippen molar-refractivity contribution < 1.29 is 9.15 Å². The summed E-state index contributed by atoms with van der Waals surface area (Å²) in [6.07, 6.45) is 1.78. The Kier molecular flexibility index (Phi) is 5.79. The molecule has 0 amide bonds. The largest absolute Gasteiger partial charge is 0.497 e. The van der Waals surface area contributed by atoms with Gasteiger partial charge in [-0.2, -0.15) is 0 Å². The number of anilines is 1. The molecule has 0 radical (unpaired) electrons. The summed E-state index contributed by atoms with van der Waals surface area (Å²) in [7, 11) is 1.65. The Bertz CT molecular complexity index is 1310. The molecule has 166 valence electrons. The molecule has 0 unspecified atom stereocenters. The maximum Gasteiger partial charge on any atom is 0.174 e. The van der Waals surface area contributed by atoms with Crippen LogP contribution in [0.3, 0.4) is 0 Å². The van der Waals surface area contributed by atoms with Gasteiger partial charge < -0.3 is 19.4 Å². The summed E-state index contributed by atoms with van der Waals surface area (Å²) < 4.78 is 11.8. The van der Waals surface area contributed by atoms with Crippen LogP contribution in [0.2, 0.25) is 5.02 Å². The highest BCUT2D eigenvalue weighted by molar-refractivity contribution is 7.80. The smallest absolute Gasteiger partial charge is 0.174 e. The predicted molar refractivity (Wildman–Crippen MR) is 135 cm³/mol. The Morgan fingerprint density at radius 3 is 2.70 bits per heavy atom. The first-order valence-electron chi connectivity index (χ1n) is 10.6. The van der Waals surface area contributed by atoms with Crippen molar-refractivity contribution in [2.24, 2.45) is 0 Å². The minimum atomic E-state index is -0.242. The summed E-state index contributed by atoms with van der Waals surface area (Å²) >= 11 is 12.1. The van der Waals surface area contributed by atoms with Gasteiger partial charge in [0.05, 0.1) is 18.8 Å². The Balaban J connectivity index is 1.60. The minimum Gasteiger partial charge on any atom is -0.497 e. The number of rotatable bonds is 5. The molecular formula is C26H22ClN3O2S. The van der Waals surface area contributed by atoms with E-state index in [4.69, 9.17) is 33.0 Å². The molecule has 33 heavy (non-hydrogen) atoms. The summed E-state index contributed by atoms with van der Waals surface area (Å²) in [6, 6.07) is 23.2. The van der Waals surface area contributed by atoms with Crippen LogP contribution in [0.15, 0.2) is 83.4 Å². The van der Waals surface area contributed by atoms with Gasteiger partial charge in [0.15, 0.2) is 5.11 Å². The van der Waals surface area contributed by atoms with Crippen molar-refractivity contribution in [3.63, 3.8) is 0 Å². The van der Waals surface area contributed by atoms with E-state index in [-0.39, 0.29) is 12.1 Å². The molecule has 2 aromatic heterocycles. The number of furan rings is 1. The second kappa shape index (κ2) is 8.89. The molecule has 0 spiro atoms. The van der Waals surface area contributed by atoms with Crippen molar-refractivity contribution in [1.29, 1.82) is 0 Å². The fourth-order valence-corrected chi connectivity index (χ4v) is 4.62. The summed E-state index contributed by atoms with van der Waals surface area (Å²) in [5.74, 6) is 2.27. The van der Waals surface area contributed by atoms with Gasteiger partial charge in [-0.25, -0.2) is 0 Å². The van der Waals surface area contributed by atoms with Crippen LogP contribution in [0.5, 0.6) is 5.75 Å². The van der Waals surface area contributed by atoms with Crippen molar-refractivity contribution in [1.82, 2.24) is 10.3 Å². The van der Waals surface area contributed by atoms with Crippen molar-refractivity contribution >= 4 is 34.6 Å². The third-order valence-corrected chi connectivity index (χ3v) is 6.53. The number of hydrogen-bond donors (Lipinski definition) is 1. The Hall–Kier alpha value is -3.35. The van der Waals surface area contributed by atoms with Crippen LogP contribution in [0, 0.1) is 6.92 Å². The minimum absolute atomic E-state index is 0.189. The Morgan fingerprint density at radius 2 is 1.94 bits per heavy atom. The number of pyridine rings is 1. The van der Waals surface area contributed by atoms with Crippen molar-refractivity contribution in [3.8, 4) is 17.1 Å². The van der Waals surface area contributed by atoms with Gasteiger partial charge in [0.25, 0.3) is 0 Å². The molecule has 2 atom stereocenters. The number of ether oxygens (including phenoxy) is 1. The van der Waals surface area contributed by atoms with Crippen LogP contribution < -0.4 is 15.0 Å². The third kappa shape index (κ3) is 4.08. The zero-order chi connectivity index (χ0) is 22.9. The van der Waals surface area contributed by atoms with Gasteiger partial charge in [-0.05, 0) is 67.2 Å². The molecule has 0 saturated carbocycles. The van der Waals surface area contributed by atoms with E-state index in [9.17, 15) is 0 Å². The highest BCUT2D eigenvalue weighted by Gasteiger charge is 2.42. The number of thiocarbonyl (C=S) groups is 1. The SMILES string of the molecule is COc1cccc(N2C(=S)N[C@@H](c3ccccn3)[C@H]2c2ccc(-c3ccc(C)c(Cl)c3)o2)c1. The van der Waals surface area contributed by atoms with Crippen LogP contribution >= 0.6 is 23.8 Å². The second-order valence-corrected chi connectivity index (χ2v) is 8.66. The molecule has 1 aliphatic rings. The zero-order valence-corrected chi connectivity index (χ0v) is 19.7. The summed E-state index contributed by atoms with van der Waals surface area (Å²) in [5.41, 5.74) is 3.74. The van der Waals surface area contributed by atoms with E-state index >= 15 is 0 Å².